The number of fused-ring (bicyclic) bond motifs is 1. The van der Waals surface area contributed by atoms with Gasteiger partial charge in [0.2, 0.25) is 0 Å². The summed E-state index contributed by atoms with van der Waals surface area (Å²) in [5.41, 5.74) is 2.39. The summed E-state index contributed by atoms with van der Waals surface area (Å²) in [7, 11) is 1.90. The lowest BCUT2D eigenvalue weighted by Crippen LogP contribution is -2.39. The second-order valence-electron chi connectivity index (χ2n) is 6.84. The van der Waals surface area contributed by atoms with Crippen molar-refractivity contribution < 1.29 is 5.11 Å². The molecule has 2 atom stereocenters. The number of piperidine rings is 1. The van der Waals surface area contributed by atoms with E-state index in [4.69, 9.17) is 0 Å². The molecule has 1 aliphatic heterocycles. The number of aliphatic hydroxyl groups excluding tert-OH is 1. The highest BCUT2D eigenvalue weighted by atomic mass is 16.3. The Balaban J connectivity index is 1.70. The molecule has 1 saturated heterocycles. The van der Waals surface area contributed by atoms with Crippen molar-refractivity contribution in [3.8, 4) is 6.07 Å². The predicted molar refractivity (Wildman–Crippen MR) is 99.6 cm³/mol. The molecule has 1 aromatic carbocycles. The van der Waals surface area contributed by atoms with E-state index in [2.05, 4.69) is 20.9 Å². The van der Waals surface area contributed by atoms with Gasteiger partial charge in [0.25, 0.3) is 0 Å². The van der Waals surface area contributed by atoms with Gasteiger partial charge in [0.15, 0.2) is 0 Å². The molecule has 3 aromatic rings. The summed E-state index contributed by atoms with van der Waals surface area (Å²) in [6, 6.07) is 10.2. The highest BCUT2D eigenvalue weighted by molar-refractivity contribution is 5.94. The number of nitriles is 1. The maximum atomic E-state index is 10.8. The van der Waals surface area contributed by atoms with Crippen LogP contribution in [0.2, 0.25) is 0 Å². The van der Waals surface area contributed by atoms with E-state index in [0.29, 0.717) is 17.9 Å². The monoisotopic (exact) mass is 347 g/mol. The number of pyridine rings is 1. The molecule has 4 rings (SSSR count). The van der Waals surface area contributed by atoms with Crippen LogP contribution in [0.25, 0.3) is 10.9 Å². The number of imidazole rings is 1. The average Bonchev–Trinajstić information content (AvgIpc) is 3.12. The van der Waals surface area contributed by atoms with E-state index < -0.39 is 6.10 Å². The van der Waals surface area contributed by atoms with E-state index in [1.54, 1.807) is 12.4 Å². The molecule has 132 valence electrons. The van der Waals surface area contributed by atoms with Crippen LogP contribution in [-0.2, 0) is 7.05 Å². The molecule has 2 unspecified atom stereocenters. The van der Waals surface area contributed by atoms with Crippen LogP contribution >= 0.6 is 0 Å². The van der Waals surface area contributed by atoms with Gasteiger partial charge in [-0.2, -0.15) is 5.26 Å². The van der Waals surface area contributed by atoms with Gasteiger partial charge in [-0.25, -0.2) is 4.98 Å². The average molecular weight is 347 g/mol. The molecular formula is C20H21N5O. The summed E-state index contributed by atoms with van der Waals surface area (Å²) in [5.74, 6) is 0.764. The number of rotatable bonds is 3. The molecule has 6 heteroatoms. The summed E-state index contributed by atoms with van der Waals surface area (Å²) < 4.78 is 1.87. The molecule has 0 bridgehead atoms. The smallest absolute Gasteiger partial charge is 0.137 e. The Kier molecular flexibility index (Phi) is 4.31. The van der Waals surface area contributed by atoms with E-state index in [0.717, 1.165) is 36.0 Å². The van der Waals surface area contributed by atoms with Crippen molar-refractivity contribution in [3.05, 3.63) is 54.2 Å². The Morgan fingerprint density at radius 2 is 2.15 bits per heavy atom. The van der Waals surface area contributed by atoms with Crippen molar-refractivity contribution >= 4 is 16.6 Å². The predicted octanol–water partition coefficient (Wildman–Crippen LogP) is 2.79. The van der Waals surface area contributed by atoms with Crippen LogP contribution in [-0.4, -0.2) is 32.7 Å². The van der Waals surface area contributed by atoms with Crippen molar-refractivity contribution in [2.45, 2.75) is 18.9 Å². The fourth-order valence-corrected chi connectivity index (χ4v) is 3.89. The van der Waals surface area contributed by atoms with E-state index in [9.17, 15) is 10.4 Å². The number of aliphatic hydroxyl groups is 1. The molecule has 2 aromatic heterocycles. The van der Waals surface area contributed by atoms with Crippen molar-refractivity contribution in [2.24, 2.45) is 13.0 Å². The van der Waals surface area contributed by atoms with Gasteiger partial charge in [0.05, 0.1) is 16.8 Å². The molecule has 0 radical (unpaired) electrons. The zero-order chi connectivity index (χ0) is 18.1. The standard InChI is InChI=1S/C20H21N5O/c1-24-10-8-22-20(24)19(26)14-5-4-9-25(13-14)18-15(11-21)12-23-17-7-3-2-6-16(17)18/h2-3,6-8,10,12,14,19,26H,4-5,9,13H2,1H3. The first-order valence-corrected chi connectivity index (χ1v) is 8.87. The summed E-state index contributed by atoms with van der Waals surface area (Å²) in [5, 5.41) is 21.4. The van der Waals surface area contributed by atoms with Gasteiger partial charge in [0, 0.05) is 50.0 Å². The molecule has 26 heavy (non-hydrogen) atoms. The summed E-state index contributed by atoms with van der Waals surface area (Å²) in [4.78, 5) is 10.9. The highest BCUT2D eigenvalue weighted by Crippen LogP contribution is 2.35. The van der Waals surface area contributed by atoms with Gasteiger partial charge in [0.1, 0.15) is 18.0 Å². The lowest BCUT2D eigenvalue weighted by atomic mass is 9.91. The topological polar surface area (TPSA) is 78.0 Å². The van der Waals surface area contributed by atoms with Gasteiger partial charge in [-0.15, -0.1) is 0 Å². The van der Waals surface area contributed by atoms with Crippen LogP contribution in [0.15, 0.2) is 42.9 Å². The lowest BCUT2D eigenvalue weighted by molar-refractivity contribution is 0.0875. The summed E-state index contributed by atoms with van der Waals surface area (Å²) in [6.45, 7) is 1.56. The molecule has 3 heterocycles. The minimum atomic E-state index is -0.614. The van der Waals surface area contributed by atoms with E-state index in [-0.39, 0.29) is 5.92 Å². The van der Waals surface area contributed by atoms with Gasteiger partial charge < -0.3 is 14.6 Å². The summed E-state index contributed by atoms with van der Waals surface area (Å²) >= 11 is 0. The number of aryl methyl sites for hydroxylation is 1. The first-order chi connectivity index (χ1) is 12.7. The van der Waals surface area contributed by atoms with Gasteiger partial charge in [-0.3, -0.25) is 4.98 Å². The quantitative estimate of drug-likeness (QED) is 0.788. The molecule has 0 spiro atoms. The maximum absolute atomic E-state index is 10.8. The molecule has 1 aliphatic rings. The fraction of sp³-hybridized carbons (Fsp3) is 0.350. The van der Waals surface area contributed by atoms with Crippen molar-refractivity contribution in [1.82, 2.24) is 14.5 Å². The minimum absolute atomic E-state index is 0.0725. The number of hydrogen-bond acceptors (Lipinski definition) is 5. The van der Waals surface area contributed by atoms with E-state index in [1.165, 1.54) is 0 Å². The highest BCUT2D eigenvalue weighted by Gasteiger charge is 2.30. The van der Waals surface area contributed by atoms with Crippen LogP contribution in [0.1, 0.15) is 30.3 Å². The Bertz CT molecular complexity index is 974. The number of aromatic nitrogens is 3. The van der Waals surface area contributed by atoms with Crippen LogP contribution < -0.4 is 4.90 Å². The number of nitrogens with zero attached hydrogens (tertiary/aromatic N) is 5. The third-order valence-electron chi connectivity index (χ3n) is 5.21. The Morgan fingerprint density at radius 3 is 2.92 bits per heavy atom. The Hall–Kier alpha value is -2.91. The first kappa shape index (κ1) is 16.6. The third-order valence-corrected chi connectivity index (χ3v) is 5.21. The second-order valence-corrected chi connectivity index (χ2v) is 6.84. The number of para-hydroxylation sites is 1. The van der Waals surface area contributed by atoms with Crippen molar-refractivity contribution in [1.29, 1.82) is 5.26 Å². The molecule has 1 fully saturated rings. The van der Waals surface area contributed by atoms with Crippen LogP contribution in [0, 0.1) is 17.2 Å². The van der Waals surface area contributed by atoms with Crippen LogP contribution in [0.5, 0.6) is 0 Å². The van der Waals surface area contributed by atoms with Crippen LogP contribution in [0.4, 0.5) is 5.69 Å². The zero-order valence-corrected chi connectivity index (χ0v) is 14.7. The first-order valence-electron chi connectivity index (χ1n) is 8.87. The van der Waals surface area contributed by atoms with E-state index >= 15 is 0 Å². The normalized spacial score (nSPS) is 18.7. The molecule has 6 nitrogen and oxygen atoms in total. The second kappa shape index (κ2) is 6.77. The van der Waals surface area contributed by atoms with E-state index in [1.807, 2.05) is 42.1 Å². The molecule has 0 aliphatic carbocycles. The molecule has 0 saturated carbocycles. The Morgan fingerprint density at radius 1 is 1.31 bits per heavy atom. The molecule has 0 amide bonds. The van der Waals surface area contributed by atoms with Crippen molar-refractivity contribution in [3.63, 3.8) is 0 Å². The van der Waals surface area contributed by atoms with Gasteiger partial charge >= 0.3 is 0 Å². The maximum Gasteiger partial charge on any atom is 0.137 e. The van der Waals surface area contributed by atoms with Crippen molar-refractivity contribution in [2.75, 3.05) is 18.0 Å². The SMILES string of the molecule is Cn1ccnc1C(O)C1CCCN(c2c(C#N)cnc3ccccc23)C1. The van der Waals surface area contributed by atoms with Gasteiger partial charge in [-0.1, -0.05) is 18.2 Å². The molecular weight excluding hydrogens is 326 g/mol. The minimum Gasteiger partial charge on any atom is -0.385 e. The number of benzene rings is 1. The Labute approximate surface area is 152 Å². The van der Waals surface area contributed by atoms with Crippen LogP contribution in [0.3, 0.4) is 0 Å². The molecule has 1 N–H and O–H groups in total. The zero-order valence-electron chi connectivity index (χ0n) is 14.7. The summed E-state index contributed by atoms with van der Waals surface area (Å²) in [6.07, 6.45) is 6.50. The lowest BCUT2D eigenvalue weighted by Gasteiger charge is -2.37. The number of hydrogen-bond donors (Lipinski definition) is 1. The fourth-order valence-electron chi connectivity index (χ4n) is 3.89. The largest absolute Gasteiger partial charge is 0.385 e. The third kappa shape index (κ3) is 2.80. The van der Waals surface area contributed by atoms with Gasteiger partial charge in [-0.05, 0) is 18.9 Å². The number of anilines is 1.